The molecule has 0 bridgehead atoms. The molecule has 5 rings (SSSR count). The molecule has 5 aromatic rings. The van der Waals surface area contributed by atoms with Crippen molar-refractivity contribution in [3.05, 3.63) is 102 Å². The Morgan fingerprint density at radius 1 is 0.791 bits per heavy atom. The van der Waals surface area contributed by atoms with Gasteiger partial charge in [-0.2, -0.15) is 0 Å². The van der Waals surface area contributed by atoms with Crippen molar-refractivity contribution in [3.8, 4) is 11.3 Å². The fourth-order valence-electron chi connectivity index (χ4n) is 5.28. The van der Waals surface area contributed by atoms with Gasteiger partial charge in [0.25, 0.3) is 0 Å². The van der Waals surface area contributed by atoms with Crippen LogP contribution in [0.5, 0.6) is 0 Å². The normalized spacial score (nSPS) is 12.1. The molecule has 0 saturated carbocycles. The number of rotatable bonds is 8. The van der Waals surface area contributed by atoms with E-state index in [4.69, 9.17) is 4.98 Å². The van der Waals surface area contributed by atoms with E-state index in [1.54, 1.807) is 0 Å². The van der Waals surface area contributed by atoms with Crippen LogP contribution in [0.2, 0.25) is 0 Å². The van der Waals surface area contributed by atoms with Crippen molar-refractivity contribution in [3.63, 3.8) is 0 Å². The van der Waals surface area contributed by atoms with Crippen LogP contribution in [0.25, 0.3) is 43.6 Å². The number of nitrogens with zero attached hydrogens (tertiary/aromatic N) is 1. The first kappa shape index (κ1) is 34.2. The van der Waals surface area contributed by atoms with Gasteiger partial charge in [-0.15, -0.1) is 29.1 Å². The van der Waals surface area contributed by atoms with Gasteiger partial charge in [0.05, 0.1) is 0 Å². The number of aromatic nitrogens is 1. The van der Waals surface area contributed by atoms with Gasteiger partial charge in [-0.25, -0.2) is 0 Å². The van der Waals surface area contributed by atoms with Gasteiger partial charge < -0.3 is 5.11 Å². The maximum absolute atomic E-state index is 12.2. The summed E-state index contributed by atoms with van der Waals surface area (Å²) in [5.74, 6) is 0.286. The average Bonchev–Trinajstić information content (AvgIpc) is 3.03. The molecule has 1 heterocycles. The van der Waals surface area contributed by atoms with Crippen LogP contribution in [-0.2, 0) is 24.9 Å². The Bertz CT molecular complexity index is 1750. The van der Waals surface area contributed by atoms with Gasteiger partial charge in [-0.3, -0.25) is 9.78 Å². The molecule has 0 amide bonds. The van der Waals surface area contributed by atoms with E-state index in [0.717, 1.165) is 42.3 Å². The third-order valence-electron chi connectivity index (χ3n) is 9.49. The van der Waals surface area contributed by atoms with Crippen molar-refractivity contribution in [2.45, 2.75) is 74.1 Å². The molecule has 0 unspecified atom stereocenters. The van der Waals surface area contributed by atoms with E-state index >= 15 is 0 Å². The number of carbonyl (C=O) groups is 1. The molecule has 0 fully saturated rings. The van der Waals surface area contributed by atoms with Crippen LogP contribution >= 0.6 is 0 Å². The van der Waals surface area contributed by atoms with E-state index in [-0.39, 0.29) is 42.5 Å². The summed E-state index contributed by atoms with van der Waals surface area (Å²) in [5.41, 5.74) is 2.67. The van der Waals surface area contributed by atoms with Crippen molar-refractivity contribution >= 4 is 38.1 Å². The maximum atomic E-state index is 12.2. The second kappa shape index (κ2) is 14.4. The van der Waals surface area contributed by atoms with E-state index in [1.165, 1.54) is 38.6 Å². The summed E-state index contributed by atoms with van der Waals surface area (Å²) in [6.07, 6.45) is 6.72. The van der Waals surface area contributed by atoms with Gasteiger partial charge in [0, 0.05) is 48.9 Å². The molecule has 43 heavy (non-hydrogen) atoms. The molecule has 227 valence electrons. The summed E-state index contributed by atoms with van der Waals surface area (Å²) in [7, 11) is 0. The molecule has 0 atom stereocenters. The van der Waals surface area contributed by atoms with Crippen molar-refractivity contribution in [1.82, 2.24) is 4.98 Å². The second-order valence-electron chi connectivity index (χ2n) is 11.9. The summed E-state index contributed by atoms with van der Waals surface area (Å²) < 4.78 is 0. The molecule has 1 radical (unpaired) electrons. The van der Waals surface area contributed by atoms with E-state index in [2.05, 4.69) is 85.8 Å². The molecule has 0 aliphatic heterocycles. The minimum Gasteiger partial charge on any atom is -0.512 e. The van der Waals surface area contributed by atoms with Gasteiger partial charge in [0.1, 0.15) is 5.76 Å². The van der Waals surface area contributed by atoms with E-state index in [1.807, 2.05) is 47.7 Å². The summed E-state index contributed by atoms with van der Waals surface area (Å²) in [4.78, 5) is 16.9. The second-order valence-corrected chi connectivity index (χ2v) is 11.9. The zero-order valence-corrected chi connectivity index (χ0v) is 28.9. The Balaban J connectivity index is 0.000000250. The largest absolute Gasteiger partial charge is 0.512 e. The molecule has 4 heteroatoms. The first-order chi connectivity index (χ1) is 20.1. The number of allylic oxidation sites excluding steroid dienone is 2. The number of fused-ring (bicyclic) bond motifs is 4. The van der Waals surface area contributed by atoms with Crippen LogP contribution in [0.3, 0.4) is 0 Å². The molecular weight excluding hydrogens is 707 g/mol. The number of aliphatic hydroxyl groups excluding tert-OH is 1. The summed E-state index contributed by atoms with van der Waals surface area (Å²) in [5, 5.41) is 17.4. The fraction of sp³-hybridized carbons (Fsp3) is 0.333. The number of aryl methyl sites for hydroxylation is 1. The summed E-state index contributed by atoms with van der Waals surface area (Å²) in [6, 6.07) is 29.1. The summed E-state index contributed by atoms with van der Waals surface area (Å²) in [6.45, 7) is 14.2. The summed E-state index contributed by atoms with van der Waals surface area (Å²) >= 11 is 0. The number of hydrogen-bond donors (Lipinski definition) is 1. The maximum Gasteiger partial charge on any atom is 0.164 e. The van der Waals surface area contributed by atoms with Gasteiger partial charge >= 0.3 is 0 Å². The zero-order valence-electron chi connectivity index (χ0n) is 26.5. The Labute approximate surface area is 270 Å². The van der Waals surface area contributed by atoms with E-state index in [0.29, 0.717) is 0 Å². The molecule has 3 nitrogen and oxygen atoms in total. The molecule has 4 aromatic carbocycles. The van der Waals surface area contributed by atoms with Crippen LogP contribution in [-0.4, -0.2) is 15.9 Å². The zero-order chi connectivity index (χ0) is 30.5. The predicted octanol–water partition coefficient (Wildman–Crippen LogP) is 11.0. The van der Waals surface area contributed by atoms with Crippen molar-refractivity contribution in [2.24, 2.45) is 10.8 Å². The molecule has 0 spiro atoms. The molecule has 1 aromatic heterocycles. The molecule has 0 aliphatic carbocycles. The van der Waals surface area contributed by atoms with Crippen molar-refractivity contribution in [1.29, 1.82) is 0 Å². The number of hydrogen-bond acceptors (Lipinski definition) is 3. The molecule has 0 aliphatic rings. The minimum atomic E-state index is -0.337. The number of ketones is 1. The van der Waals surface area contributed by atoms with Crippen LogP contribution in [0.15, 0.2) is 90.8 Å². The fourth-order valence-corrected chi connectivity index (χ4v) is 5.28. The van der Waals surface area contributed by atoms with Gasteiger partial charge in [0.15, 0.2) is 5.78 Å². The molecule has 0 saturated heterocycles. The number of aliphatic hydroxyl groups is 1. The SMILES string of the molecule is CCC(C)(CC)C(=O)/C=C(\O)C(C)(CC)CC.Cc1cc(-c2cc3c(ccc4ccccc43)cn2)[c-]c2ccccc12.[Ir]. The van der Waals surface area contributed by atoms with Crippen LogP contribution in [0, 0.1) is 23.8 Å². The van der Waals surface area contributed by atoms with Crippen LogP contribution in [0.4, 0.5) is 0 Å². The number of carbonyl (C=O) groups excluding carboxylic acids is 1. The van der Waals surface area contributed by atoms with Crippen LogP contribution < -0.4 is 0 Å². The van der Waals surface area contributed by atoms with Gasteiger partial charge in [-0.1, -0.05) is 120 Å². The average molecular weight is 751 g/mol. The number of pyridine rings is 1. The van der Waals surface area contributed by atoms with Gasteiger partial charge in [0.2, 0.25) is 0 Å². The van der Waals surface area contributed by atoms with Crippen molar-refractivity contribution < 1.29 is 30.0 Å². The molecule has 1 N–H and O–H groups in total. The van der Waals surface area contributed by atoms with E-state index < -0.39 is 0 Å². The Kier molecular flexibility index (Phi) is 11.5. The van der Waals surface area contributed by atoms with E-state index in [9.17, 15) is 9.90 Å². The minimum absolute atomic E-state index is 0. The Morgan fingerprint density at radius 2 is 1.37 bits per heavy atom. The van der Waals surface area contributed by atoms with Crippen LogP contribution in [0.1, 0.15) is 72.8 Å². The third-order valence-corrected chi connectivity index (χ3v) is 9.49. The number of benzene rings is 4. The van der Waals surface area contributed by atoms with Crippen molar-refractivity contribution in [2.75, 3.05) is 0 Å². The van der Waals surface area contributed by atoms with Gasteiger partial charge in [-0.05, 0) is 47.2 Å². The smallest absolute Gasteiger partial charge is 0.164 e. The Hall–Kier alpha value is -3.33. The first-order valence-corrected chi connectivity index (χ1v) is 15.2. The topological polar surface area (TPSA) is 50.2 Å². The Morgan fingerprint density at radius 3 is 2.02 bits per heavy atom. The first-order valence-electron chi connectivity index (χ1n) is 15.2. The molecular formula is C39H44IrNO2-. The monoisotopic (exact) mass is 751 g/mol. The third kappa shape index (κ3) is 7.25. The quantitative estimate of drug-likeness (QED) is 0.0744. The predicted molar refractivity (Wildman–Crippen MR) is 179 cm³/mol. The standard InChI is InChI=1S/C24H16N.C15H28O2.Ir/c1-16-12-20(13-18-7-3-4-8-21(16)18)24-14-23-19(15-25-24)11-10-17-6-2-5-9-22(17)23;1-7-14(5,8-2)12(16)11-13(17)15(6,9-3)10-4;/h2-12,14-15H,1H3;11,16H,7-10H2,1-6H3;/q-1;;/b;12-11-;.